The number of nitrogens with one attached hydrogen (secondary N) is 1. The van der Waals surface area contributed by atoms with Gasteiger partial charge in [0.1, 0.15) is 17.3 Å². The Kier molecular flexibility index (Phi) is 8.08. The number of hydrogen-bond acceptors (Lipinski definition) is 6. The van der Waals surface area contributed by atoms with Crippen molar-refractivity contribution in [1.82, 2.24) is 9.62 Å². The van der Waals surface area contributed by atoms with Gasteiger partial charge in [-0.25, -0.2) is 17.5 Å². The van der Waals surface area contributed by atoms with E-state index in [1.165, 1.54) is 36.4 Å². The van der Waals surface area contributed by atoms with E-state index in [1.54, 1.807) is 11.0 Å². The van der Waals surface area contributed by atoms with Crippen LogP contribution in [-0.2, 0) is 19.6 Å². The first kappa shape index (κ1) is 23.3. The molecule has 1 N–H and O–H groups in total. The number of para-hydroxylation sites is 1. The molecule has 11 heteroatoms. The number of amides is 1. The molecule has 0 spiro atoms. The van der Waals surface area contributed by atoms with Crippen molar-refractivity contribution >= 4 is 27.5 Å². The topological polar surface area (TPSA) is 94.2 Å². The Hall–Kier alpha value is -2.40. The van der Waals surface area contributed by atoms with Crippen LogP contribution in [0, 0.1) is 5.82 Å². The summed E-state index contributed by atoms with van der Waals surface area (Å²) in [5, 5.41) is 0.190. The Morgan fingerprint density at radius 1 is 1.13 bits per heavy atom. The number of carbonyl (C=O) groups excluding carboxylic acids is 1. The third-order valence-electron chi connectivity index (χ3n) is 4.40. The molecule has 168 valence electrons. The van der Waals surface area contributed by atoms with Crippen LogP contribution in [0.1, 0.15) is 0 Å². The Labute approximate surface area is 184 Å². The normalized spacial score (nSPS) is 14.3. The number of sulfonamides is 1. The maximum Gasteiger partial charge on any atom is 0.260 e. The lowest BCUT2D eigenvalue weighted by molar-refractivity contribution is -0.137. The minimum absolute atomic E-state index is 0.00599. The van der Waals surface area contributed by atoms with Gasteiger partial charge in [-0.3, -0.25) is 4.79 Å². The van der Waals surface area contributed by atoms with Gasteiger partial charge in [-0.1, -0.05) is 23.7 Å². The number of benzene rings is 2. The third kappa shape index (κ3) is 6.54. The second-order valence-electron chi connectivity index (χ2n) is 6.55. The van der Waals surface area contributed by atoms with Crippen LogP contribution in [0.15, 0.2) is 47.4 Å². The van der Waals surface area contributed by atoms with Crippen molar-refractivity contribution in [2.45, 2.75) is 4.90 Å². The monoisotopic (exact) mass is 472 g/mol. The summed E-state index contributed by atoms with van der Waals surface area (Å²) < 4.78 is 57.3. The smallest absolute Gasteiger partial charge is 0.260 e. The van der Waals surface area contributed by atoms with E-state index < -0.39 is 15.8 Å². The van der Waals surface area contributed by atoms with Crippen molar-refractivity contribution in [2.24, 2.45) is 0 Å². The maximum absolute atomic E-state index is 13.6. The molecule has 3 rings (SSSR count). The molecule has 8 nitrogen and oxygen atoms in total. The molecule has 1 amide bonds. The largest absolute Gasteiger partial charge is 0.489 e. The van der Waals surface area contributed by atoms with Crippen molar-refractivity contribution in [3.05, 3.63) is 53.3 Å². The zero-order valence-electron chi connectivity index (χ0n) is 16.6. The van der Waals surface area contributed by atoms with Gasteiger partial charge in [0.25, 0.3) is 5.91 Å². The van der Waals surface area contributed by atoms with Gasteiger partial charge in [0, 0.05) is 24.7 Å². The van der Waals surface area contributed by atoms with Crippen molar-refractivity contribution in [3.63, 3.8) is 0 Å². The number of carbonyl (C=O) groups is 1. The summed E-state index contributed by atoms with van der Waals surface area (Å²) in [4.78, 5) is 13.7. The Balaban J connectivity index is 1.61. The summed E-state index contributed by atoms with van der Waals surface area (Å²) in [5.74, 6) is -0.794. The average Bonchev–Trinajstić information content (AvgIpc) is 2.77. The lowest BCUT2D eigenvalue weighted by atomic mass is 10.3. The van der Waals surface area contributed by atoms with Gasteiger partial charge in [0.15, 0.2) is 18.2 Å². The number of halogens is 2. The van der Waals surface area contributed by atoms with Crippen LogP contribution in [0.5, 0.6) is 11.5 Å². The Morgan fingerprint density at radius 2 is 1.87 bits per heavy atom. The van der Waals surface area contributed by atoms with Gasteiger partial charge in [-0.15, -0.1) is 0 Å². The van der Waals surface area contributed by atoms with Crippen molar-refractivity contribution in [1.29, 1.82) is 0 Å². The lowest BCUT2D eigenvalue weighted by Crippen LogP contribution is -2.43. The Morgan fingerprint density at radius 3 is 2.61 bits per heavy atom. The van der Waals surface area contributed by atoms with Crippen molar-refractivity contribution in [2.75, 3.05) is 46.1 Å². The first-order valence-electron chi connectivity index (χ1n) is 9.52. The standard InChI is InChI=1S/C20H22ClFN2O6S/c21-15-5-6-18(30-14-20(25)24-8-11-28-12-9-24)19(13-15)31(26,27)23-7-10-29-17-4-2-1-3-16(17)22/h1-6,13,23H,7-12,14H2. The van der Waals surface area contributed by atoms with Gasteiger partial charge >= 0.3 is 0 Å². The molecule has 0 aromatic heterocycles. The zero-order valence-corrected chi connectivity index (χ0v) is 18.1. The Bertz CT molecular complexity index is 1010. The van der Waals surface area contributed by atoms with E-state index in [0.29, 0.717) is 26.3 Å². The molecule has 2 aromatic rings. The number of hydrogen-bond donors (Lipinski definition) is 1. The highest BCUT2D eigenvalue weighted by atomic mass is 35.5. The SMILES string of the molecule is O=C(COc1ccc(Cl)cc1S(=O)(=O)NCCOc1ccccc1F)N1CCOCC1. The maximum atomic E-state index is 13.6. The molecular formula is C20H22ClFN2O6S. The minimum atomic E-state index is -4.03. The van der Waals surface area contributed by atoms with Crippen molar-refractivity contribution < 1.29 is 31.8 Å². The predicted octanol–water partition coefficient (Wildman–Crippen LogP) is 2.07. The third-order valence-corrected chi connectivity index (χ3v) is 6.12. The van der Waals surface area contributed by atoms with Crippen LogP contribution in [0.3, 0.4) is 0 Å². The van der Waals surface area contributed by atoms with Gasteiger partial charge in [0.2, 0.25) is 10.0 Å². The summed E-state index contributed by atoms with van der Waals surface area (Å²) in [6.45, 7) is 1.29. The van der Waals surface area contributed by atoms with Crippen LogP contribution >= 0.6 is 11.6 Å². The lowest BCUT2D eigenvalue weighted by Gasteiger charge is -2.26. The number of ether oxygens (including phenoxy) is 3. The quantitative estimate of drug-likeness (QED) is 0.561. The van der Waals surface area contributed by atoms with Gasteiger partial charge < -0.3 is 19.1 Å². The molecule has 0 radical (unpaired) electrons. The molecule has 0 saturated carbocycles. The van der Waals surface area contributed by atoms with Gasteiger partial charge in [0.05, 0.1) is 13.2 Å². The zero-order chi connectivity index (χ0) is 22.3. The summed E-state index contributed by atoms with van der Waals surface area (Å²) >= 11 is 5.96. The molecule has 31 heavy (non-hydrogen) atoms. The molecule has 0 unspecified atom stereocenters. The van der Waals surface area contributed by atoms with Crippen LogP contribution in [0.25, 0.3) is 0 Å². The predicted molar refractivity (Wildman–Crippen MR) is 111 cm³/mol. The molecule has 1 saturated heterocycles. The average molecular weight is 473 g/mol. The number of rotatable bonds is 9. The summed E-state index contributed by atoms with van der Waals surface area (Å²) in [6.07, 6.45) is 0. The van der Waals surface area contributed by atoms with E-state index in [0.717, 1.165) is 0 Å². The molecule has 0 atom stereocenters. The van der Waals surface area contributed by atoms with Crippen molar-refractivity contribution in [3.8, 4) is 11.5 Å². The van der Waals surface area contributed by atoms with E-state index in [2.05, 4.69) is 4.72 Å². The highest BCUT2D eigenvalue weighted by molar-refractivity contribution is 7.89. The number of morpholine rings is 1. The number of nitrogens with zero attached hydrogens (tertiary/aromatic N) is 1. The fourth-order valence-electron chi connectivity index (χ4n) is 2.83. The van der Waals surface area contributed by atoms with Gasteiger partial charge in [-0.2, -0.15) is 0 Å². The van der Waals surface area contributed by atoms with Crippen LogP contribution in [-0.4, -0.2) is 65.3 Å². The van der Waals surface area contributed by atoms with Crippen LogP contribution in [0.2, 0.25) is 5.02 Å². The minimum Gasteiger partial charge on any atom is -0.489 e. The van der Waals surface area contributed by atoms with Crippen LogP contribution in [0.4, 0.5) is 4.39 Å². The molecule has 2 aromatic carbocycles. The first-order chi connectivity index (χ1) is 14.9. The highest BCUT2D eigenvalue weighted by Crippen LogP contribution is 2.27. The summed E-state index contributed by atoms with van der Waals surface area (Å²) in [5.41, 5.74) is 0. The molecular weight excluding hydrogens is 451 g/mol. The van der Waals surface area contributed by atoms with E-state index in [4.69, 9.17) is 25.8 Å². The summed E-state index contributed by atoms with van der Waals surface area (Å²) in [6, 6.07) is 9.91. The second-order valence-corrected chi connectivity index (χ2v) is 8.72. The molecule has 1 fully saturated rings. The van der Waals surface area contributed by atoms with Gasteiger partial charge in [-0.05, 0) is 30.3 Å². The van der Waals surface area contributed by atoms with E-state index >= 15 is 0 Å². The first-order valence-corrected chi connectivity index (χ1v) is 11.4. The van der Waals surface area contributed by atoms with E-state index in [-0.39, 0.29) is 47.1 Å². The molecule has 1 aliphatic rings. The molecule has 0 bridgehead atoms. The molecule has 1 aliphatic heterocycles. The highest BCUT2D eigenvalue weighted by Gasteiger charge is 2.22. The molecule has 1 heterocycles. The fourth-order valence-corrected chi connectivity index (χ4v) is 4.25. The van der Waals surface area contributed by atoms with E-state index in [1.807, 2.05) is 0 Å². The summed E-state index contributed by atoms with van der Waals surface area (Å²) in [7, 11) is -4.03. The fraction of sp³-hybridized carbons (Fsp3) is 0.350. The van der Waals surface area contributed by atoms with Crippen LogP contribution < -0.4 is 14.2 Å². The van der Waals surface area contributed by atoms with E-state index in [9.17, 15) is 17.6 Å². The second kappa shape index (κ2) is 10.8. The molecule has 0 aliphatic carbocycles.